The normalized spacial score (nSPS) is 12.5. The maximum Gasteiger partial charge on any atom is 0.413 e. The molecule has 0 aliphatic rings. The van der Waals surface area contributed by atoms with Crippen LogP contribution in [0.5, 0.6) is 11.5 Å². The molecule has 0 bridgehead atoms. The second kappa shape index (κ2) is 37.4. The van der Waals surface area contributed by atoms with Crippen LogP contribution in [-0.2, 0) is 75.0 Å². The molecule has 506 valence electrons. The molecule has 0 spiro atoms. The number of carbonyl (C=O) groups is 9. The van der Waals surface area contributed by atoms with Gasteiger partial charge in [0.05, 0.1) is 81.2 Å². The van der Waals surface area contributed by atoms with Crippen molar-refractivity contribution in [3.8, 4) is 11.5 Å². The number of nitrogens with zero attached hydrogens (tertiary/aromatic N) is 4. The van der Waals surface area contributed by atoms with Crippen LogP contribution in [0.15, 0.2) is 107 Å². The Kier molecular flexibility index (Phi) is 30.7. The molecule has 3 amide bonds. The number of Topliss-reactive ketones (excluding diaryl/α,β-unsaturated/α-hetero) is 2. The van der Waals surface area contributed by atoms with Gasteiger partial charge in [-0.1, -0.05) is 24.3 Å². The molecule has 0 radical (unpaired) electrons. The SMILES string of the molecule is CC(=O)CC(C(=O)OC(C)(C)C)N(CCOCCOCCOCCOCCN(C(=O)OCc1ccc(OC(=O)c2ccc(N=C(C)NC(=O)OC(C)(C)C)cc2)cc1)[C@@H](CC(C)=O)C(=O)OC(C)(C)C)C(=O)OCc1ccc(OC(=O)c2ccc(N=C(C)N)cc2)cc1. The number of ether oxygens (including phenoxy) is 11. The van der Waals surface area contributed by atoms with E-state index in [0.717, 1.165) is 9.80 Å². The first-order chi connectivity index (χ1) is 43.7. The molecule has 2 atom stereocenters. The second-order valence-corrected chi connectivity index (χ2v) is 24.1. The summed E-state index contributed by atoms with van der Waals surface area (Å²) in [6.07, 6.45) is -3.17. The summed E-state index contributed by atoms with van der Waals surface area (Å²) < 4.78 is 61.5. The highest BCUT2D eigenvalue weighted by Crippen LogP contribution is 2.23. The van der Waals surface area contributed by atoms with E-state index in [0.29, 0.717) is 33.9 Å². The van der Waals surface area contributed by atoms with Crippen molar-refractivity contribution in [2.45, 2.75) is 145 Å². The summed E-state index contributed by atoms with van der Waals surface area (Å²) in [6.45, 7) is 20.9. The number of rotatable bonds is 33. The molecule has 0 aromatic heterocycles. The smallest absolute Gasteiger partial charge is 0.413 e. The largest absolute Gasteiger partial charge is 0.458 e. The lowest BCUT2D eigenvalue weighted by Gasteiger charge is -2.31. The van der Waals surface area contributed by atoms with Gasteiger partial charge in [0.15, 0.2) is 0 Å². The van der Waals surface area contributed by atoms with Gasteiger partial charge in [0, 0.05) is 25.9 Å². The molecule has 4 aromatic rings. The standard InChI is InChI=1S/C67H88N6O20/c1-44(74)40-56(60(78)91-65(5,6)7)72(63(81)87-42-48-14-26-54(27-15-48)89-58(76)50-18-22-52(23-19-50)69-46(3)68)30-32-83-34-36-85-38-39-86-37-35-84-33-31-73(57(41-45(2)75)61(79)92-66(8,9)10)64(82)88-43-49-16-28-55(29-17-49)90-59(77)51-20-24-53(25-21-51)70-47(4)71-62(80)93-67(11,12)13/h14-29,56-57H,30-43H2,1-13H3,(H2,68,69)(H,70,71,80)/t56?,57-/m0/s1. The van der Waals surface area contributed by atoms with Crippen molar-refractivity contribution in [2.24, 2.45) is 15.7 Å². The molecule has 93 heavy (non-hydrogen) atoms. The average Bonchev–Trinajstić information content (AvgIpc) is 0.991. The van der Waals surface area contributed by atoms with Crippen molar-refractivity contribution >= 4 is 76.8 Å². The zero-order valence-electron chi connectivity index (χ0n) is 55.3. The van der Waals surface area contributed by atoms with E-state index in [9.17, 15) is 43.2 Å². The van der Waals surface area contributed by atoms with Crippen molar-refractivity contribution in [3.63, 3.8) is 0 Å². The van der Waals surface area contributed by atoms with Crippen molar-refractivity contribution in [2.75, 3.05) is 65.9 Å². The maximum atomic E-state index is 13.8. The first kappa shape index (κ1) is 76.3. The van der Waals surface area contributed by atoms with E-state index in [1.807, 2.05) is 0 Å². The molecule has 26 nitrogen and oxygen atoms in total. The van der Waals surface area contributed by atoms with Crippen LogP contribution in [-0.4, -0.2) is 170 Å². The number of amidine groups is 2. The number of nitrogens with one attached hydrogen (secondary N) is 1. The fourth-order valence-electron chi connectivity index (χ4n) is 8.08. The van der Waals surface area contributed by atoms with Gasteiger partial charge in [-0.15, -0.1) is 0 Å². The third-order valence-electron chi connectivity index (χ3n) is 12.1. The number of alkyl carbamates (subject to hydrolysis) is 1. The quantitative estimate of drug-likeness (QED) is 0.0112. The zero-order valence-corrected chi connectivity index (χ0v) is 55.3. The maximum absolute atomic E-state index is 13.8. The number of amides is 3. The van der Waals surface area contributed by atoms with Crippen LogP contribution < -0.4 is 20.5 Å². The van der Waals surface area contributed by atoms with Gasteiger partial charge in [-0.25, -0.2) is 43.5 Å². The summed E-state index contributed by atoms with van der Waals surface area (Å²) in [5, 5.41) is 2.55. The summed E-state index contributed by atoms with van der Waals surface area (Å²) in [4.78, 5) is 128. The number of hydrogen-bond donors (Lipinski definition) is 2. The minimum Gasteiger partial charge on any atom is -0.458 e. The Labute approximate surface area is 542 Å². The molecule has 26 heteroatoms. The Hall–Kier alpha value is -9.11. The lowest BCUT2D eigenvalue weighted by molar-refractivity contribution is -0.163. The van der Waals surface area contributed by atoms with Crippen LogP contribution in [0.25, 0.3) is 0 Å². The minimum atomic E-state index is -1.34. The zero-order chi connectivity index (χ0) is 68.9. The van der Waals surface area contributed by atoms with Gasteiger partial charge < -0.3 is 57.8 Å². The van der Waals surface area contributed by atoms with E-state index in [4.69, 9.17) is 57.8 Å². The summed E-state index contributed by atoms with van der Waals surface area (Å²) in [5.41, 5.74) is 5.71. The Morgan fingerprint density at radius 3 is 1.11 bits per heavy atom. The van der Waals surface area contributed by atoms with Crippen molar-refractivity contribution in [3.05, 3.63) is 119 Å². The van der Waals surface area contributed by atoms with Gasteiger partial charge in [-0.05, 0) is 174 Å². The predicted octanol–water partition coefficient (Wildman–Crippen LogP) is 9.73. The van der Waals surface area contributed by atoms with E-state index in [1.54, 1.807) is 137 Å². The lowest BCUT2D eigenvalue weighted by Crippen LogP contribution is -2.49. The van der Waals surface area contributed by atoms with Crippen LogP contribution in [0.3, 0.4) is 0 Å². The number of ketones is 2. The molecule has 4 rings (SSSR count). The molecule has 0 saturated heterocycles. The van der Waals surface area contributed by atoms with Crippen LogP contribution in [0, 0.1) is 0 Å². The summed E-state index contributed by atoms with van der Waals surface area (Å²) in [5.74, 6) is -2.50. The van der Waals surface area contributed by atoms with Crippen LogP contribution in [0.4, 0.5) is 25.8 Å². The van der Waals surface area contributed by atoms with Gasteiger partial charge in [-0.2, -0.15) is 0 Å². The lowest BCUT2D eigenvalue weighted by atomic mass is 10.1. The number of esters is 4. The van der Waals surface area contributed by atoms with Crippen LogP contribution in [0.2, 0.25) is 0 Å². The van der Waals surface area contributed by atoms with E-state index >= 15 is 0 Å². The monoisotopic (exact) mass is 1300 g/mol. The highest BCUT2D eigenvalue weighted by atomic mass is 16.6. The van der Waals surface area contributed by atoms with Gasteiger partial charge >= 0.3 is 42.2 Å². The van der Waals surface area contributed by atoms with E-state index in [2.05, 4.69) is 15.3 Å². The number of carbonyl (C=O) groups excluding carboxylic acids is 9. The van der Waals surface area contributed by atoms with Crippen molar-refractivity contribution < 1.29 is 95.3 Å². The Morgan fingerprint density at radius 2 is 0.785 bits per heavy atom. The predicted molar refractivity (Wildman–Crippen MR) is 342 cm³/mol. The number of aliphatic imine (C=N–C) groups is 2. The fraction of sp³-hybridized carbons (Fsp3) is 0.478. The molecule has 1 unspecified atom stereocenters. The highest BCUT2D eigenvalue weighted by Gasteiger charge is 2.37. The van der Waals surface area contributed by atoms with Gasteiger partial charge in [0.2, 0.25) is 0 Å². The van der Waals surface area contributed by atoms with Gasteiger partial charge in [0.25, 0.3) is 0 Å². The Morgan fingerprint density at radius 1 is 0.452 bits per heavy atom. The third kappa shape index (κ3) is 30.7. The molecule has 4 aromatic carbocycles. The van der Waals surface area contributed by atoms with E-state index in [1.165, 1.54) is 50.2 Å². The first-order valence-corrected chi connectivity index (χ1v) is 30.0. The highest BCUT2D eigenvalue weighted by molar-refractivity contribution is 5.96. The summed E-state index contributed by atoms with van der Waals surface area (Å²) >= 11 is 0. The summed E-state index contributed by atoms with van der Waals surface area (Å²) in [7, 11) is 0. The summed E-state index contributed by atoms with van der Waals surface area (Å²) in [6, 6.07) is 22.4. The van der Waals surface area contributed by atoms with E-state index < -0.39 is 71.0 Å². The van der Waals surface area contributed by atoms with Crippen molar-refractivity contribution in [1.29, 1.82) is 0 Å². The minimum absolute atomic E-state index is 0.0692. The third-order valence-corrected chi connectivity index (χ3v) is 12.1. The molecule has 0 saturated carbocycles. The first-order valence-electron chi connectivity index (χ1n) is 30.0. The van der Waals surface area contributed by atoms with Gasteiger partial charge in [0.1, 0.15) is 71.0 Å². The van der Waals surface area contributed by atoms with Crippen molar-refractivity contribution in [1.82, 2.24) is 15.1 Å². The number of benzene rings is 4. The molecule has 0 heterocycles. The average molecular weight is 1300 g/mol. The molecule has 0 fully saturated rings. The van der Waals surface area contributed by atoms with E-state index in [-0.39, 0.29) is 126 Å². The fourth-order valence-corrected chi connectivity index (χ4v) is 8.08. The topological polar surface area (TPSA) is 324 Å². The van der Waals surface area contributed by atoms with Crippen LogP contribution >= 0.6 is 0 Å². The Bertz CT molecular complexity index is 3180. The van der Waals surface area contributed by atoms with Gasteiger partial charge in [-0.3, -0.25) is 24.7 Å². The number of nitrogens with two attached hydrogens (primary N) is 1. The Balaban J connectivity index is 1.23. The molecule has 0 aliphatic carbocycles. The molecular formula is C67H88N6O20. The molecule has 3 N–H and O–H groups in total. The molecule has 0 aliphatic heterocycles. The van der Waals surface area contributed by atoms with Crippen LogP contribution in [0.1, 0.15) is 135 Å². The molecular weight excluding hydrogens is 1210 g/mol. The number of hydrogen-bond acceptors (Lipinski definition) is 22. The second-order valence-electron chi connectivity index (χ2n) is 24.1.